The summed E-state index contributed by atoms with van der Waals surface area (Å²) in [4.78, 5) is 1.76. The summed E-state index contributed by atoms with van der Waals surface area (Å²) in [5, 5.41) is 0.551. The largest absolute Gasteiger partial charge is 0.497 e. The summed E-state index contributed by atoms with van der Waals surface area (Å²) in [5.41, 5.74) is 1.84. The number of halogens is 2. The normalized spacial score (nSPS) is 15.3. The van der Waals surface area contributed by atoms with Crippen molar-refractivity contribution >= 4 is 17.3 Å². The molecular weight excluding hydrogens is 253 g/mol. The molecule has 0 saturated heterocycles. The van der Waals surface area contributed by atoms with Gasteiger partial charge >= 0.3 is 0 Å². The van der Waals surface area contributed by atoms with E-state index in [2.05, 4.69) is 6.58 Å². The molecule has 1 aliphatic rings. The second-order valence-corrected chi connectivity index (χ2v) is 4.33. The average Bonchev–Trinajstić information content (AvgIpc) is 2.37. The lowest BCUT2D eigenvalue weighted by Crippen LogP contribution is -2.18. The molecule has 0 aliphatic carbocycles. The van der Waals surface area contributed by atoms with Crippen LogP contribution in [0.2, 0.25) is 0 Å². The Kier molecular flexibility index (Phi) is 3.43. The highest BCUT2D eigenvalue weighted by Gasteiger charge is 2.19. The molecule has 4 heteroatoms. The predicted octanol–water partition coefficient (Wildman–Crippen LogP) is 3.76. The molecule has 0 radical (unpaired) electrons. The molecule has 0 bridgehead atoms. The third kappa shape index (κ3) is 2.14. The lowest BCUT2D eigenvalue weighted by atomic mass is 10.1. The number of nitrogens with zero attached hydrogens (tertiary/aromatic N) is 1. The molecule has 0 spiro atoms. The highest BCUT2D eigenvalue weighted by Crippen LogP contribution is 2.32. The lowest BCUT2D eigenvalue weighted by Gasteiger charge is -2.27. The molecule has 1 aliphatic heterocycles. The van der Waals surface area contributed by atoms with Gasteiger partial charge in [0, 0.05) is 18.7 Å². The summed E-state index contributed by atoms with van der Waals surface area (Å²) >= 11 is 5.96. The van der Waals surface area contributed by atoms with Gasteiger partial charge in [0.25, 0.3) is 0 Å². The molecule has 0 unspecified atom stereocenters. The Morgan fingerprint density at radius 1 is 1.33 bits per heavy atom. The Labute approximate surface area is 111 Å². The number of likely N-dealkylation sites (N-methyl/N-ethyl adjacent to an activating group) is 1. The van der Waals surface area contributed by atoms with E-state index in [9.17, 15) is 4.39 Å². The Morgan fingerprint density at radius 2 is 2.06 bits per heavy atom. The van der Waals surface area contributed by atoms with Crippen molar-refractivity contribution in [2.45, 2.75) is 0 Å². The van der Waals surface area contributed by atoms with E-state index >= 15 is 0 Å². The molecule has 1 aromatic carbocycles. The number of benzene rings is 1. The van der Waals surface area contributed by atoms with Gasteiger partial charge in [-0.3, -0.25) is 0 Å². The summed E-state index contributed by atoms with van der Waals surface area (Å²) < 4.78 is 19.0. The van der Waals surface area contributed by atoms with Crippen molar-refractivity contribution in [3.05, 3.63) is 59.0 Å². The van der Waals surface area contributed by atoms with Crippen LogP contribution in [0.25, 0.3) is 5.70 Å². The zero-order valence-electron chi connectivity index (χ0n) is 10.2. The van der Waals surface area contributed by atoms with Crippen molar-refractivity contribution in [1.29, 1.82) is 0 Å². The molecule has 94 valence electrons. The van der Waals surface area contributed by atoms with Gasteiger partial charge < -0.3 is 9.64 Å². The third-order valence-corrected chi connectivity index (χ3v) is 3.23. The molecule has 0 amide bonds. The Bertz CT molecular complexity index is 563. The molecule has 2 nitrogen and oxygen atoms in total. The fourth-order valence-corrected chi connectivity index (χ4v) is 1.96. The lowest BCUT2D eigenvalue weighted by molar-refractivity contribution is 0.411. The molecule has 2 rings (SSSR count). The van der Waals surface area contributed by atoms with Gasteiger partial charge in [-0.25, -0.2) is 4.39 Å². The fraction of sp³-hybridized carbons (Fsp3) is 0.143. The molecule has 1 aromatic rings. The maximum Gasteiger partial charge on any atom is 0.136 e. The van der Waals surface area contributed by atoms with Crippen LogP contribution in [-0.4, -0.2) is 19.1 Å². The van der Waals surface area contributed by atoms with Crippen LogP contribution >= 0.6 is 11.6 Å². The van der Waals surface area contributed by atoms with Gasteiger partial charge in [-0.15, -0.1) is 0 Å². The van der Waals surface area contributed by atoms with Crippen LogP contribution in [0.15, 0.2) is 47.7 Å². The number of ether oxygens (including phenoxy) is 1. The Balaban J connectivity index is 2.46. The Morgan fingerprint density at radius 3 is 2.67 bits per heavy atom. The minimum Gasteiger partial charge on any atom is -0.497 e. The van der Waals surface area contributed by atoms with Crippen molar-refractivity contribution in [2.24, 2.45) is 0 Å². The van der Waals surface area contributed by atoms with E-state index in [1.807, 2.05) is 0 Å². The van der Waals surface area contributed by atoms with E-state index in [1.54, 1.807) is 36.2 Å². The van der Waals surface area contributed by atoms with E-state index < -0.39 is 0 Å². The smallest absolute Gasteiger partial charge is 0.136 e. The van der Waals surface area contributed by atoms with E-state index in [0.29, 0.717) is 27.7 Å². The van der Waals surface area contributed by atoms with E-state index in [-0.39, 0.29) is 5.82 Å². The standard InChI is InChI=1S/C14H13ClFNO/c1-9-12(15)6-7-14(17(9)2)11-5-4-10(18-3)8-13(11)16/h4-8H,1H2,2-3H3. The first-order chi connectivity index (χ1) is 8.54. The minimum absolute atomic E-state index is 0.341. The number of hydrogen-bond acceptors (Lipinski definition) is 2. The van der Waals surface area contributed by atoms with Crippen molar-refractivity contribution in [2.75, 3.05) is 14.2 Å². The highest BCUT2D eigenvalue weighted by molar-refractivity contribution is 6.32. The second-order valence-electron chi connectivity index (χ2n) is 3.92. The molecular formula is C14H13ClFNO. The molecule has 1 heterocycles. The molecule has 0 N–H and O–H groups in total. The molecule has 0 aromatic heterocycles. The summed E-state index contributed by atoms with van der Waals surface area (Å²) in [5.74, 6) is 0.148. The summed E-state index contributed by atoms with van der Waals surface area (Å²) in [6.07, 6.45) is 3.48. The van der Waals surface area contributed by atoms with Crippen LogP contribution < -0.4 is 4.74 Å². The molecule has 18 heavy (non-hydrogen) atoms. The minimum atomic E-state index is -0.341. The summed E-state index contributed by atoms with van der Waals surface area (Å²) in [6.45, 7) is 3.85. The monoisotopic (exact) mass is 265 g/mol. The van der Waals surface area contributed by atoms with Gasteiger partial charge in [0.2, 0.25) is 0 Å². The number of rotatable bonds is 2. The fourth-order valence-electron chi connectivity index (χ4n) is 1.77. The quantitative estimate of drug-likeness (QED) is 0.807. The van der Waals surface area contributed by atoms with Gasteiger partial charge in [0.1, 0.15) is 11.6 Å². The maximum absolute atomic E-state index is 14.0. The van der Waals surface area contributed by atoms with E-state index in [4.69, 9.17) is 16.3 Å². The number of methoxy groups -OCH3 is 1. The zero-order valence-corrected chi connectivity index (χ0v) is 11.0. The van der Waals surface area contributed by atoms with Crippen LogP contribution in [0.4, 0.5) is 4.39 Å². The second kappa shape index (κ2) is 4.86. The first-order valence-electron chi connectivity index (χ1n) is 5.39. The number of allylic oxidation sites excluding steroid dienone is 3. The van der Waals surface area contributed by atoms with Crippen molar-refractivity contribution in [1.82, 2.24) is 4.90 Å². The topological polar surface area (TPSA) is 12.5 Å². The summed E-state index contributed by atoms with van der Waals surface area (Å²) in [6, 6.07) is 4.75. The SMILES string of the molecule is C=C1C(Cl)=CC=C(c2ccc(OC)cc2F)N1C. The first kappa shape index (κ1) is 12.7. The van der Waals surface area contributed by atoms with Gasteiger partial charge in [-0.05, 0) is 24.3 Å². The highest BCUT2D eigenvalue weighted by atomic mass is 35.5. The summed E-state index contributed by atoms with van der Waals surface area (Å²) in [7, 11) is 3.30. The van der Waals surface area contributed by atoms with Gasteiger partial charge in [0.15, 0.2) is 0 Å². The van der Waals surface area contributed by atoms with Gasteiger partial charge in [0.05, 0.1) is 23.5 Å². The molecule has 0 atom stereocenters. The van der Waals surface area contributed by atoms with Crippen LogP contribution in [0, 0.1) is 5.82 Å². The van der Waals surface area contributed by atoms with Crippen molar-refractivity contribution in [3.8, 4) is 5.75 Å². The van der Waals surface area contributed by atoms with Crippen molar-refractivity contribution < 1.29 is 9.13 Å². The average molecular weight is 266 g/mol. The van der Waals surface area contributed by atoms with Gasteiger partial charge in [-0.2, -0.15) is 0 Å². The Hall–Kier alpha value is -1.74. The maximum atomic E-state index is 14.0. The van der Waals surface area contributed by atoms with Gasteiger partial charge in [-0.1, -0.05) is 18.2 Å². The predicted molar refractivity (Wildman–Crippen MR) is 71.8 cm³/mol. The number of hydrogen-bond donors (Lipinski definition) is 0. The van der Waals surface area contributed by atoms with Crippen LogP contribution in [0.3, 0.4) is 0 Å². The van der Waals surface area contributed by atoms with E-state index in [1.165, 1.54) is 13.2 Å². The third-order valence-electron chi connectivity index (χ3n) is 2.88. The van der Waals surface area contributed by atoms with Crippen LogP contribution in [0.1, 0.15) is 5.56 Å². The first-order valence-corrected chi connectivity index (χ1v) is 5.76. The molecule has 0 fully saturated rings. The zero-order chi connectivity index (χ0) is 13.3. The van der Waals surface area contributed by atoms with Crippen molar-refractivity contribution in [3.63, 3.8) is 0 Å². The van der Waals surface area contributed by atoms with E-state index in [0.717, 1.165) is 0 Å². The molecule has 0 saturated carbocycles. The van der Waals surface area contributed by atoms with Crippen LogP contribution in [0.5, 0.6) is 5.75 Å². The van der Waals surface area contributed by atoms with Crippen LogP contribution in [-0.2, 0) is 0 Å².